The molecule has 1 heterocycles. The van der Waals surface area contributed by atoms with Gasteiger partial charge >= 0.3 is 5.97 Å². The van der Waals surface area contributed by atoms with E-state index in [1.807, 2.05) is 13.8 Å². The number of aryl methyl sites for hydroxylation is 2. The zero-order valence-electron chi connectivity index (χ0n) is 8.90. The molecule has 0 spiro atoms. The van der Waals surface area contributed by atoms with E-state index < -0.39 is 11.9 Å². The SMILES string of the molecule is Cc1ncc(C(CCN)C(=O)O)nc1C. The van der Waals surface area contributed by atoms with E-state index in [9.17, 15) is 4.79 Å². The van der Waals surface area contributed by atoms with Gasteiger partial charge in [-0.15, -0.1) is 0 Å². The molecule has 15 heavy (non-hydrogen) atoms. The van der Waals surface area contributed by atoms with Crippen LogP contribution in [-0.4, -0.2) is 27.6 Å². The molecule has 1 rings (SSSR count). The van der Waals surface area contributed by atoms with Crippen molar-refractivity contribution in [2.75, 3.05) is 6.54 Å². The third-order valence-electron chi connectivity index (χ3n) is 2.32. The number of hydrogen-bond donors (Lipinski definition) is 2. The van der Waals surface area contributed by atoms with Crippen LogP contribution in [0, 0.1) is 13.8 Å². The lowest BCUT2D eigenvalue weighted by Gasteiger charge is -2.11. The standard InChI is InChI=1S/C10H15N3O2/c1-6-7(2)13-9(5-12-6)8(3-4-11)10(14)15/h5,8H,3-4,11H2,1-2H3,(H,14,15). The predicted octanol–water partition coefficient (Wildman–Crippen LogP) is 0.610. The molecule has 0 aliphatic rings. The van der Waals surface area contributed by atoms with Crippen LogP contribution in [0.4, 0.5) is 0 Å². The van der Waals surface area contributed by atoms with Gasteiger partial charge in [0.1, 0.15) is 5.92 Å². The van der Waals surface area contributed by atoms with Gasteiger partial charge in [0.05, 0.1) is 17.1 Å². The fraction of sp³-hybridized carbons (Fsp3) is 0.500. The smallest absolute Gasteiger partial charge is 0.312 e. The maximum absolute atomic E-state index is 11.0. The number of carboxylic acid groups (broad SMARTS) is 1. The molecule has 0 bridgehead atoms. The maximum Gasteiger partial charge on any atom is 0.312 e. The van der Waals surface area contributed by atoms with Crippen LogP contribution in [0.25, 0.3) is 0 Å². The van der Waals surface area contributed by atoms with Crippen LogP contribution in [0.2, 0.25) is 0 Å². The highest BCUT2D eigenvalue weighted by Gasteiger charge is 2.21. The first-order valence-electron chi connectivity index (χ1n) is 4.79. The molecule has 0 aliphatic heterocycles. The minimum absolute atomic E-state index is 0.325. The number of nitrogens with zero attached hydrogens (tertiary/aromatic N) is 2. The fourth-order valence-corrected chi connectivity index (χ4v) is 1.29. The average molecular weight is 209 g/mol. The molecule has 0 aliphatic carbocycles. The summed E-state index contributed by atoms with van der Waals surface area (Å²) in [5.74, 6) is -1.56. The molecule has 5 nitrogen and oxygen atoms in total. The van der Waals surface area contributed by atoms with Gasteiger partial charge in [0, 0.05) is 6.20 Å². The summed E-state index contributed by atoms with van der Waals surface area (Å²) in [7, 11) is 0. The second kappa shape index (κ2) is 4.84. The molecule has 1 aromatic rings. The summed E-state index contributed by atoms with van der Waals surface area (Å²) < 4.78 is 0. The zero-order chi connectivity index (χ0) is 11.4. The van der Waals surface area contributed by atoms with E-state index in [0.29, 0.717) is 18.7 Å². The number of nitrogens with two attached hydrogens (primary N) is 1. The van der Waals surface area contributed by atoms with Crippen molar-refractivity contribution in [2.24, 2.45) is 5.73 Å². The molecular weight excluding hydrogens is 194 g/mol. The third kappa shape index (κ3) is 2.73. The van der Waals surface area contributed by atoms with Crippen LogP contribution in [0.1, 0.15) is 29.4 Å². The highest BCUT2D eigenvalue weighted by atomic mass is 16.4. The number of hydrogen-bond acceptors (Lipinski definition) is 4. The van der Waals surface area contributed by atoms with E-state index in [4.69, 9.17) is 10.8 Å². The highest BCUT2D eigenvalue weighted by Crippen LogP contribution is 2.17. The van der Waals surface area contributed by atoms with Gasteiger partial charge in [-0.1, -0.05) is 0 Å². The largest absolute Gasteiger partial charge is 0.481 e. The van der Waals surface area contributed by atoms with Gasteiger partial charge in [-0.3, -0.25) is 14.8 Å². The molecular formula is C10H15N3O2. The molecule has 0 radical (unpaired) electrons. The van der Waals surface area contributed by atoms with Crippen molar-refractivity contribution in [2.45, 2.75) is 26.2 Å². The van der Waals surface area contributed by atoms with Crippen molar-refractivity contribution in [3.63, 3.8) is 0 Å². The molecule has 0 saturated heterocycles. The van der Waals surface area contributed by atoms with Crippen LogP contribution in [0.15, 0.2) is 6.20 Å². The van der Waals surface area contributed by atoms with E-state index >= 15 is 0 Å². The molecule has 0 aromatic carbocycles. The Kier molecular flexibility index (Phi) is 3.74. The zero-order valence-corrected chi connectivity index (χ0v) is 8.90. The maximum atomic E-state index is 11.0. The monoisotopic (exact) mass is 209 g/mol. The van der Waals surface area contributed by atoms with Gasteiger partial charge in [-0.05, 0) is 26.8 Å². The number of rotatable bonds is 4. The molecule has 0 fully saturated rings. The fourth-order valence-electron chi connectivity index (χ4n) is 1.29. The predicted molar refractivity (Wildman–Crippen MR) is 55.6 cm³/mol. The molecule has 1 atom stereocenters. The molecule has 0 saturated carbocycles. The van der Waals surface area contributed by atoms with Crippen molar-refractivity contribution in [3.05, 3.63) is 23.3 Å². The molecule has 1 unspecified atom stereocenters. The first-order chi connectivity index (χ1) is 7.06. The first-order valence-corrected chi connectivity index (χ1v) is 4.79. The summed E-state index contributed by atoms with van der Waals surface area (Å²) in [4.78, 5) is 19.3. The normalized spacial score (nSPS) is 12.5. The topological polar surface area (TPSA) is 89.1 Å². The van der Waals surface area contributed by atoms with Gasteiger partial charge in [-0.25, -0.2) is 0 Å². The third-order valence-corrected chi connectivity index (χ3v) is 2.32. The number of carboxylic acids is 1. The number of carbonyl (C=O) groups is 1. The Labute approximate surface area is 88.4 Å². The molecule has 1 aromatic heterocycles. The number of aromatic nitrogens is 2. The average Bonchev–Trinajstić information content (AvgIpc) is 2.18. The Balaban J connectivity index is 3.01. The summed E-state index contributed by atoms with van der Waals surface area (Å²) >= 11 is 0. The van der Waals surface area contributed by atoms with E-state index in [-0.39, 0.29) is 0 Å². The van der Waals surface area contributed by atoms with E-state index in [0.717, 1.165) is 11.4 Å². The van der Waals surface area contributed by atoms with Gasteiger partial charge < -0.3 is 10.8 Å². The minimum Gasteiger partial charge on any atom is -0.481 e. The molecule has 3 N–H and O–H groups in total. The van der Waals surface area contributed by atoms with Crippen molar-refractivity contribution >= 4 is 5.97 Å². The van der Waals surface area contributed by atoms with Gasteiger partial charge in [0.2, 0.25) is 0 Å². The van der Waals surface area contributed by atoms with Crippen LogP contribution in [0.3, 0.4) is 0 Å². The number of aliphatic carboxylic acids is 1. The summed E-state index contributed by atoms with van der Waals surface area (Å²) in [5.41, 5.74) is 7.42. The molecule has 82 valence electrons. The van der Waals surface area contributed by atoms with E-state index in [1.165, 1.54) is 6.20 Å². The first kappa shape index (κ1) is 11.6. The van der Waals surface area contributed by atoms with Crippen LogP contribution >= 0.6 is 0 Å². The Morgan fingerprint density at radius 1 is 1.53 bits per heavy atom. The Morgan fingerprint density at radius 2 is 2.20 bits per heavy atom. The van der Waals surface area contributed by atoms with Gasteiger partial charge in [-0.2, -0.15) is 0 Å². The summed E-state index contributed by atoms with van der Waals surface area (Å²) in [6.45, 7) is 3.98. The second-order valence-corrected chi connectivity index (χ2v) is 3.43. The van der Waals surface area contributed by atoms with Gasteiger partial charge in [0.25, 0.3) is 0 Å². The van der Waals surface area contributed by atoms with Crippen LogP contribution in [-0.2, 0) is 4.79 Å². The lowest BCUT2D eigenvalue weighted by Crippen LogP contribution is -2.18. The highest BCUT2D eigenvalue weighted by molar-refractivity contribution is 5.75. The van der Waals surface area contributed by atoms with Crippen molar-refractivity contribution in [1.29, 1.82) is 0 Å². The summed E-state index contributed by atoms with van der Waals surface area (Å²) in [6, 6.07) is 0. The summed E-state index contributed by atoms with van der Waals surface area (Å²) in [5, 5.41) is 8.99. The van der Waals surface area contributed by atoms with E-state index in [1.54, 1.807) is 0 Å². The van der Waals surface area contributed by atoms with Crippen molar-refractivity contribution < 1.29 is 9.90 Å². The van der Waals surface area contributed by atoms with Crippen LogP contribution in [0.5, 0.6) is 0 Å². The Hall–Kier alpha value is -1.49. The van der Waals surface area contributed by atoms with Crippen molar-refractivity contribution in [1.82, 2.24) is 9.97 Å². The quantitative estimate of drug-likeness (QED) is 0.758. The lowest BCUT2D eigenvalue weighted by molar-refractivity contribution is -0.139. The molecule has 0 amide bonds. The molecule has 5 heteroatoms. The van der Waals surface area contributed by atoms with Crippen LogP contribution < -0.4 is 5.73 Å². The lowest BCUT2D eigenvalue weighted by atomic mass is 10.0. The Morgan fingerprint density at radius 3 is 2.67 bits per heavy atom. The minimum atomic E-state index is -0.905. The summed E-state index contributed by atoms with van der Waals surface area (Å²) in [6.07, 6.45) is 1.89. The van der Waals surface area contributed by atoms with Gasteiger partial charge in [0.15, 0.2) is 0 Å². The van der Waals surface area contributed by atoms with E-state index in [2.05, 4.69) is 9.97 Å². The van der Waals surface area contributed by atoms with Crippen molar-refractivity contribution in [3.8, 4) is 0 Å². The Bertz CT molecular complexity index is 366. The second-order valence-electron chi connectivity index (χ2n) is 3.43.